The maximum absolute atomic E-state index is 11.5. The molecule has 0 aliphatic carbocycles. The van der Waals surface area contributed by atoms with E-state index in [4.69, 9.17) is 4.74 Å². The van der Waals surface area contributed by atoms with Gasteiger partial charge in [0.05, 0.1) is 0 Å². The summed E-state index contributed by atoms with van der Waals surface area (Å²) in [6.45, 7) is 11.3. The summed E-state index contributed by atoms with van der Waals surface area (Å²) >= 11 is 0. The Labute approximate surface area is 92.3 Å². The summed E-state index contributed by atoms with van der Waals surface area (Å²) in [7, 11) is 0. The second-order valence-corrected chi connectivity index (χ2v) is 3.36. The monoisotopic (exact) mass is 208 g/mol. The first-order valence-corrected chi connectivity index (χ1v) is 5.24. The van der Waals surface area contributed by atoms with Crippen LogP contribution in [0.3, 0.4) is 0 Å². The maximum atomic E-state index is 11.5. The van der Waals surface area contributed by atoms with E-state index >= 15 is 0 Å². The summed E-state index contributed by atoms with van der Waals surface area (Å²) in [5.74, 6) is -0.250. The molecule has 0 aromatic heterocycles. The molecule has 0 aliphatic heterocycles. The normalized spacial score (nSPS) is 11.6. The fraction of sp³-hybridized carbons (Fsp3) is 0.462. The zero-order valence-electron chi connectivity index (χ0n) is 9.71. The molecule has 0 unspecified atom stereocenters. The van der Waals surface area contributed by atoms with Gasteiger partial charge < -0.3 is 4.74 Å². The van der Waals surface area contributed by atoms with Gasteiger partial charge in [0, 0.05) is 5.57 Å². The van der Waals surface area contributed by atoms with Crippen LogP contribution >= 0.6 is 0 Å². The first-order valence-electron chi connectivity index (χ1n) is 5.24. The number of carbonyl (C=O) groups excluding carboxylic acids is 1. The topological polar surface area (TPSA) is 26.3 Å². The van der Waals surface area contributed by atoms with Gasteiger partial charge in [0.2, 0.25) is 0 Å². The van der Waals surface area contributed by atoms with E-state index in [2.05, 4.69) is 20.1 Å². The van der Waals surface area contributed by atoms with Gasteiger partial charge in [0.1, 0.15) is 6.61 Å². The highest BCUT2D eigenvalue weighted by atomic mass is 16.5. The maximum Gasteiger partial charge on any atom is 0.333 e. The Morgan fingerprint density at radius 1 is 1.33 bits per heavy atom. The number of hydrogen-bond donors (Lipinski definition) is 0. The van der Waals surface area contributed by atoms with Gasteiger partial charge in [-0.3, -0.25) is 0 Å². The highest BCUT2D eigenvalue weighted by Crippen LogP contribution is 2.16. The van der Waals surface area contributed by atoms with Crippen molar-refractivity contribution in [2.24, 2.45) is 0 Å². The van der Waals surface area contributed by atoms with Crippen LogP contribution in [0.25, 0.3) is 0 Å². The number of hydrogen-bond acceptors (Lipinski definition) is 2. The minimum absolute atomic E-state index is 0.250. The van der Waals surface area contributed by atoms with Gasteiger partial charge in [0.25, 0.3) is 0 Å². The van der Waals surface area contributed by atoms with Crippen LogP contribution in [0, 0.1) is 0 Å². The van der Waals surface area contributed by atoms with Gasteiger partial charge in [-0.25, -0.2) is 4.79 Å². The van der Waals surface area contributed by atoms with Crippen LogP contribution in [-0.2, 0) is 9.53 Å². The van der Waals surface area contributed by atoms with Gasteiger partial charge in [0.15, 0.2) is 0 Å². The zero-order chi connectivity index (χ0) is 11.7. The van der Waals surface area contributed by atoms with Crippen LogP contribution in [0.15, 0.2) is 36.5 Å². The minimum atomic E-state index is -0.250. The smallest absolute Gasteiger partial charge is 0.333 e. The number of carbonyl (C=O) groups is 1. The predicted molar refractivity (Wildman–Crippen MR) is 63.6 cm³/mol. The number of allylic oxidation sites excluding steroid dienone is 2. The molecule has 0 rings (SSSR count). The molecule has 0 atom stereocenters. The Balaban J connectivity index is 4.57. The molecule has 84 valence electrons. The van der Waals surface area contributed by atoms with Crippen molar-refractivity contribution in [1.29, 1.82) is 0 Å². The number of esters is 1. The lowest BCUT2D eigenvalue weighted by molar-refractivity contribution is -0.137. The second kappa shape index (κ2) is 8.04. The third kappa shape index (κ3) is 5.21. The molecule has 0 N–H and O–H groups in total. The third-order valence-electron chi connectivity index (χ3n) is 2.11. The Morgan fingerprint density at radius 2 is 2.00 bits per heavy atom. The SMILES string of the molecule is C=CCOC(=O)C(C)=C(CC=C)CCC. The molecular weight excluding hydrogens is 188 g/mol. The van der Waals surface area contributed by atoms with Crippen LogP contribution in [0.4, 0.5) is 0 Å². The Hall–Kier alpha value is -1.31. The van der Waals surface area contributed by atoms with Crippen molar-refractivity contribution < 1.29 is 9.53 Å². The van der Waals surface area contributed by atoms with E-state index in [0.29, 0.717) is 5.57 Å². The zero-order valence-corrected chi connectivity index (χ0v) is 9.71. The van der Waals surface area contributed by atoms with E-state index < -0.39 is 0 Å². The van der Waals surface area contributed by atoms with Gasteiger partial charge in [-0.2, -0.15) is 0 Å². The van der Waals surface area contributed by atoms with Crippen LogP contribution in [0.5, 0.6) is 0 Å². The predicted octanol–water partition coefficient (Wildman–Crippen LogP) is 3.41. The van der Waals surface area contributed by atoms with Gasteiger partial charge in [-0.15, -0.1) is 6.58 Å². The summed E-state index contributed by atoms with van der Waals surface area (Å²) in [6.07, 6.45) is 6.08. The van der Waals surface area contributed by atoms with Crippen molar-refractivity contribution >= 4 is 5.97 Å². The van der Waals surface area contributed by atoms with Crippen LogP contribution in [0.1, 0.15) is 33.1 Å². The molecule has 0 spiro atoms. The molecule has 0 fully saturated rings. The lowest BCUT2D eigenvalue weighted by Gasteiger charge is -2.08. The lowest BCUT2D eigenvalue weighted by Crippen LogP contribution is -2.08. The fourth-order valence-corrected chi connectivity index (χ4v) is 1.31. The van der Waals surface area contributed by atoms with Crippen LogP contribution < -0.4 is 0 Å². The van der Waals surface area contributed by atoms with Crippen molar-refractivity contribution in [1.82, 2.24) is 0 Å². The summed E-state index contributed by atoms with van der Waals surface area (Å²) in [5.41, 5.74) is 1.82. The van der Waals surface area contributed by atoms with E-state index in [1.54, 1.807) is 13.0 Å². The molecule has 2 nitrogen and oxygen atoms in total. The summed E-state index contributed by atoms with van der Waals surface area (Å²) in [5, 5.41) is 0. The van der Waals surface area contributed by atoms with Gasteiger partial charge >= 0.3 is 5.97 Å². The molecule has 0 aliphatic rings. The molecular formula is C13H20O2. The van der Waals surface area contributed by atoms with Crippen LogP contribution in [0.2, 0.25) is 0 Å². The first kappa shape index (κ1) is 13.7. The Morgan fingerprint density at radius 3 is 2.47 bits per heavy atom. The quantitative estimate of drug-likeness (QED) is 0.364. The average molecular weight is 208 g/mol. The molecule has 15 heavy (non-hydrogen) atoms. The minimum Gasteiger partial charge on any atom is -0.458 e. The van der Waals surface area contributed by atoms with E-state index in [-0.39, 0.29) is 12.6 Å². The number of rotatable bonds is 7. The number of ether oxygens (including phenoxy) is 1. The van der Waals surface area contributed by atoms with Gasteiger partial charge in [-0.05, 0) is 19.8 Å². The van der Waals surface area contributed by atoms with Crippen molar-refractivity contribution in [3.63, 3.8) is 0 Å². The summed E-state index contributed by atoms with van der Waals surface area (Å²) in [4.78, 5) is 11.5. The van der Waals surface area contributed by atoms with Crippen molar-refractivity contribution in [3.05, 3.63) is 36.5 Å². The van der Waals surface area contributed by atoms with Crippen LogP contribution in [-0.4, -0.2) is 12.6 Å². The second-order valence-electron chi connectivity index (χ2n) is 3.36. The molecule has 0 amide bonds. The van der Waals surface area contributed by atoms with Crippen molar-refractivity contribution in [2.75, 3.05) is 6.61 Å². The molecule has 0 aromatic carbocycles. The standard InChI is InChI=1S/C13H20O2/c1-5-8-12(9-6-2)11(4)13(14)15-10-7-3/h5,7H,1,3,6,8-10H2,2,4H3. The van der Waals surface area contributed by atoms with E-state index in [9.17, 15) is 4.79 Å². The highest BCUT2D eigenvalue weighted by molar-refractivity contribution is 5.88. The molecule has 0 saturated heterocycles. The molecule has 2 heteroatoms. The first-order chi connectivity index (χ1) is 7.17. The molecule has 0 heterocycles. The largest absolute Gasteiger partial charge is 0.458 e. The van der Waals surface area contributed by atoms with Gasteiger partial charge in [-0.1, -0.05) is 37.6 Å². The Bertz CT molecular complexity index is 262. The van der Waals surface area contributed by atoms with E-state index in [1.807, 2.05) is 6.08 Å². The lowest BCUT2D eigenvalue weighted by atomic mass is 10.0. The molecule has 0 bridgehead atoms. The van der Waals surface area contributed by atoms with Crippen molar-refractivity contribution in [3.8, 4) is 0 Å². The fourth-order valence-electron chi connectivity index (χ4n) is 1.31. The average Bonchev–Trinajstić information content (AvgIpc) is 2.24. The van der Waals surface area contributed by atoms with Crippen molar-refractivity contribution in [2.45, 2.75) is 33.1 Å². The highest BCUT2D eigenvalue weighted by Gasteiger charge is 2.09. The molecule has 0 aromatic rings. The molecule has 0 saturated carbocycles. The summed E-state index contributed by atoms with van der Waals surface area (Å²) < 4.78 is 4.98. The Kier molecular flexibility index (Phi) is 7.33. The molecule has 0 radical (unpaired) electrons. The summed E-state index contributed by atoms with van der Waals surface area (Å²) in [6, 6.07) is 0. The third-order valence-corrected chi connectivity index (χ3v) is 2.11. The van der Waals surface area contributed by atoms with E-state index in [1.165, 1.54) is 0 Å². The van der Waals surface area contributed by atoms with E-state index in [0.717, 1.165) is 24.8 Å².